The lowest BCUT2D eigenvalue weighted by atomic mass is 10.0. The number of nitrogens with one attached hydrogen (secondary N) is 3. The highest BCUT2D eigenvalue weighted by Crippen LogP contribution is 2.37. The average molecular weight is 572 g/mol. The monoisotopic (exact) mass is 571 g/mol. The number of hydrogen-bond donors (Lipinski definition) is 3. The predicted molar refractivity (Wildman–Crippen MR) is 146 cm³/mol. The normalized spacial score (nSPS) is 14.8. The summed E-state index contributed by atoms with van der Waals surface area (Å²) in [7, 11) is 3.35. The quantitative estimate of drug-likeness (QED) is 0.267. The van der Waals surface area contributed by atoms with Crippen molar-refractivity contribution < 1.29 is 27.1 Å². The van der Waals surface area contributed by atoms with Gasteiger partial charge in [0, 0.05) is 62.1 Å². The van der Waals surface area contributed by atoms with Gasteiger partial charge in [0.15, 0.2) is 17.4 Å². The van der Waals surface area contributed by atoms with E-state index in [1.54, 1.807) is 19.1 Å². The predicted octanol–water partition coefficient (Wildman–Crippen LogP) is 5.07. The lowest BCUT2D eigenvalue weighted by molar-refractivity contribution is -0.138. The number of aryl methyl sites for hydroxylation is 1. The van der Waals surface area contributed by atoms with Gasteiger partial charge in [0.2, 0.25) is 5.88 Å². The van der Waals surface area contributed by atoms with Crippen molar-refractivity contribution in [1.29, 1.82) is 0 Å². The number of fused-ring (bicyclic) bond motifs is 1. The van der Waals surface area contributed by atoms with E-state index in [-0.39, 0.29) is 40.8 Å². The molecule has 2 aromatic carbocycles. The highest BCUT2D eigenvalue weighted by Gasteiger charge is 2.34. The minimum absolute atomic E-state index is 0.0599. The second-order valence-corrected chi connectivity index (χ2v) is 9.95. The van der Waals surface area contributed by atoms with Gasteiger partial charge in [0.05, 0.1) is 5.56 Å². The maximum Gasteiger partial charge on any atom is 0.416 e. The van der Waals surface area contributed by atoms with Gasteiger partial charge in [-0.1, -0.05) is 6.07 Å². The molecule has 0 radical (unpaired) electrons. The number of benzene rings is 2. The van der Waals surface area contributed by atoms with E-state index in [0.717, 1.165) is 31.2 Å². The molecule has 1 aliphatic rings. The number of anilines is 2. The van der Waals surface area contributed by atoms with Gasteiger partial charge in [-0.2, -0.15) is 13.2 Å². The van der Waals surface area contributed by atoms with Crippen molar-refractivity contribution in [2.24, 2.45) is 0 Å². The Hall–Kier alpha value is -4.23. The van der Waals surface area contributed by atoms with Gasteiger partial charge < -0.3 is 25.3 Å². The second kappa shape index (κ2) is 11.3. The molecule has 0 atom stereocenters. The molecule has 1 aliphatic heterocycles. The first-order valence-electron chi connectivity index (χ1n) is 12.9. The van der Waals surface area contributed by atoms with Crippen LogP contribution in [0.3, 0.4) is 0 Å². The molecule has 1 amide bonds. The van der Waals surface area contributed by atoms with Crippen LogP contribution in [-0.4, -0.2) is 70.9 Å². The third kappa shape index (κ3) is 6.10. The van der Waals surface area contributed by atoms with Crippen LogP contribution in [0.2, 0.25) is 0 Å². The Labute approximate surface area is 233 Å². The molecule has 216 valence electrons. The zero-order chi connectivity index (χ0) is 29.3. The fraction of sp³-hybridized carbons (Fsp3) is 0.321. The summed E-state index contributed by atoms with van der Waals surface area (Å²) >= 11 is 0. The van der Waals surface area contributed by atoms with Gasteiger partial charge in [-0.3, -0.25) is 9.69 Å². The molecule has 13 heteroatoms. The number of piperazine rings is 1. The summed E-state index contributed by atoms with van der Waals surface area (Å²) in [6.45, 7) is 4.85. The minimum Gasteiger partial charge on any atom is -0.435 e. The van der Waals surface area contributed by atoms with E-state index in [4.69, 9.17) is 4.74 Å². The molecule has 9 nitrogen and oxygen atoms in total. The van der Waals surface area contributed by atoms with Gasteiger partial charge in [-0.25, -0.2) is 14.4 Å². The van der Waals surface area contributed by atoms with E-state index in [9.17, 15) is 18.0 Å². The molecule has 0 aliphatic carbocycles. The van der Waals surface area contributed by atoms with Crippen LogP contribution in [0.15, 0.2) is 42.7 Å². The lowest BCUT2D eigenvalue weighted by Gasteiger charge is -2.33. The number of aromatic nitrogens is 3. The maximum absolute atomic E-state index is 15.2. The molecular formula is C28H29F4N7O2. The molecule has 0 unspecified atom stereocenters. The molecule has 4 aromatic rings. The van der Waals surface area contributed by atoms with E-state index in [0.29, 0.717) is 24.0 Å². The first kappa shape index (κ1) is 28.3. The SMILES string of the molecule is CNC(=O)c1c(Nc2ccc(CN3CCN(C)CC3)c(C(F)(F)F)c2)ncnc1Oc1ccc2[nH]c(C)cc2c1F. The molecule has 3 heterocycles. The number of carbonyl (C=O) groups excluding carboxylic acids is 1. The Morgan fingerprint density at radius 3 is 2.56 bits per heavy atom. The highest BCUT2D eigenvalue weighted by atomic mass is 19.4. The summed E-state index contributed by atoms with van der Waals surface area (Å²) in [5, 5.41) is 5.54. The number of amides is 1. The number of ether oxygens (including phenoxy) is 1. The molecule has 1 fully saturated rings. The number of halogens is 4. The standard InChI is InChI=1S/C28H29F4N7O2/c1-16-12-19-21(36-16)6-7-22(24(19)29)41-27-23(26(40)33-2)25(34-15-35-27)37-18-5-4-17(20(13-18)28(30,31)32)14-39-10-8-38(3)9-11-39/h4-7,12-13,15,36H,8-11,14H2,1-3H3,(H,33,40)(H,34,35,37). The van der Waals surface area contributed by atoms with E-state index < -0.39 is 23.5 Å². The van der Waals surface area contributed by atoms with Crippen LogP contribution in [0.5, 0.6) is 11.6 Å². The largest absolute Gasteiger partial charge is 0.435 e. The summed E-state index contributed by atoms with van der Waals surface area (Å²) in [4.78, 5) is 28.1. The number of likely N-dealkylation sites (N-methyl/N-ethyl adjacent to an activating group) is 1. The topological polar surface area (TPSA) is 98.4 Å². The lowest BCUT2D eigenvalue weighted by Crippen LogP contribution is -2.44. The number of nitrogens with zero attached hydrogens (tertiary/aromatic N) is 4. The van der Waals surface area contributed by atoms with Gasteiger partial charge in [0.25, 0.3) is 5.91 Å². The zero-order valence-corrected chi connectivity index (χ0v) is 22.7. The van der Waals surface area contributed by atoms with E-state index in [1.165, 1.54) is 25.2 Å². The molecule has 1 saturated heterocycles. The Morgan fingerprint density at radius 1 is 1.10 bits per heavy atom. The van der Waals surface area contributed by atoms with Gasteiger partial charge >= 0.3 is 6.18 Å². The van der Waals surface area contributed by atoms with Crippen molar-refractivity contribution in [2.45, 2.75) is 19.6 Å². The molecule has 5 rings (SSSR count). The summed E-state index contributed by atoms with van der Waals surface area (Å²) in [6.07, 6.45) is -3.52. The second-order valence-electron chi connectivity index (χ2n) is 9.95. The van der Waals surface area contributed by atoms with Crippen molar-refractivity contribution in [3.63, 3.8) is 0 Å². The van der Waals surface area contributed by atoms with Crippen LogP contribution in [0, 0.1) is 12.7 Å². The number of hydrogen-bond acceptors (Lipinski definition) is 7. The Kier molecular flexibility index (Phi) is 7.82. The number of H-pyrrole nitrogens is 1. The van der Waals surface area contributed by atoms with Crippen LogP contribution in [0.1, 0.15) is 27.2 Å². The van der Waals surface area contributed by atoms with Crippen LogP contribution >= 0.6 is 0 Å². The van der Waals surface area contributed by atoms with E-state index in [1.807, 2.05) is 11.9 Å². The number of alkyl halides is 3. The van der Waals surface area contributed by atoms with Crippen LogP contribution in [-0.2, 0) is 12.7 Å². The Morgan fingerprint density at radius 2 is 1.85 bits per heavy atom. The molecule has 3 N–H and O–H groups in total. The van der Waals surface area contributed by atoms with Crippen molar-refractivity contribution in [3.05, 3.63) is 70.9 Å². The van der Waals surface area contributed by atoms with Crippen molar-refractivity contribution >= 4 is 28.3 Å². The molecule has 0 saturated carbocycles. The Balaban J connectivity index is 1.47. The third-order valence-corrected chi connectivity index (χ3v) is 6.98. The summed E-state index contributed by atoms with van der Waals surface area (Å²) in [5.74, 6) is -1.89. The maximum atomic E-state index is 15.2. The highest BCUT2D eigenvalue weighted by molar-refractivity contribution is 6.01. The average Bonchev–Trinajstić information content (AvgIpc) is 3.32. The van der Waals surface area contributed by atoms with Crippen LogP contribution in [0.4, 0.5) is 29.1 Å². The zero-order valence-electron chi connectivity index (χ0n) is 22.7. The fourth-order valence-electron chi connectivity index (χ4n) is 4.78. The van der Waals surface area contributed by atoms with Crippen molar-refractivity contribution in [3.8, 4) is 11.6 Å². The van der Waals surface area contributed by atoms with E-state index >= 15 is 4.39 Å². The molecule has 0 bridgehead atoms. The number of aromatic amines is 1. The van der Waals surface area contributed by atoms with Crippen LogP contribution < -0.4 is 15.4 Å². The third-order valence-electron chi connectivity index (χ3n) is 6.98. The van der Waals surface area contributed by atoms with Crippen molar-refractivity contribution in [2.75, 3.05) is 45.6 Å². The summed E-state index contributed by atoms with van der Waals surface area (Å²) < 4.78 is 63.2. The number of rotatable bonds is 7. The first-order chi connectivity index (χ1) is 19.5. The molecular weight excluding hydrogens is 542 g/mol. The van der Waals surface area contributed by atoms with Gasteiger partial charge in [-0.05, 0) is 49.9 Å². The van der Waals surface area contributed by atoms with Gasteiger partial charge in [-0.15, -0.1) is 0 Å². The number of carbonyl (C=O) groups is 1. The first-order valence-corrected chi connectivity index (χ1v) is 12.9. The molecule has 41 heavy (non-hydrogen) atoms. The van der Waals surface area contributed by atoms with E-state index in [2.05, 4.69) is 30.5 Å². The molecule has 0 spiro atoms. The van der Waals surface area contributed by atoms with Crippen molar-refractivity contribution in [1.82, 2.24) is 30.1 Å². The summed E-state index contributed by atoms with van der Waals surface area (Å²) in [5.41, 5.74) is 0.547. The summed E-state index contributed by atoms with van der Waals surface area (Å²) in [6, 6.07) is 8.55. The molecule has 2 aromatic heterocycles. The Bertz CT molecular complexity index is 1580. The minimum atomic E-state index is -4.60. The fourth-order valence-corrected chi connectivity index (χ4v) is 4.78. The van der Waals surface area contributed by atoms with Crippen LogP contribution in [0.25, 0.3) is 10.9 Å². The smallest absolute Gasteiger partial charge is 0.416 e. The van der Waals surface area contributed by atoms with Gasteiger partial charge in [0.1, 0.15) is 11.9 Å².